The molecule has 0 spiro atoms. The van der Waals surface area contributed by atoms with Crippen molar-refractivity contribution in [1.82, 2.24) is 14.9 Å². The third-order valence-corrected chi connectivity index (χ3v) is 4.77. The molecule has 0 saturated carbocycles. The third kappa shape index (κ3) is 3.60. The molecule has 5 nitrogen and oxygen atoms in total. The first kappa shape index (κ1) is 16.5. The topological polar surface area (TPSA) is 63.2 Å². The van der Waals surface area contributed by atoms with Crippen molar-refractivity contribution in [2.24, 2.45) is 0 Å². The molecule has 1 aromatic carbocycles. The van der Waals surface area contributed by atoms with Gasteiger partial charge in [-0.15, -0.1) is 0 Å². The van der Waals surface area contributed by atoms with Crippen LogP contribution in [0.3, 0.4) is 0 Å². The van der Waals surface area contributed by atoms with Gasteiger partial charge in [-0.3, -0.25) is 4.98 Å². The molecule has 0 aliphatic heterocycles. The van der Waals surface area contributed by atoms with Gasteiger partial charge in [0, 0.05) is 24.6 Å². The molecule has 0 bridgehead atoms. The Balaban J connectivity index is 2.00. The lowest BCUT2D eigenvalue weighted by Crippen LogP contribution is -2.10. The average Bonchev–Trinajstić information content (AvgIpc) is 2.53. The van der Waals surface area contributed by atoms with Gasteiger partial charge in [0.15, 0.2) is 9.84 Å². The zero-order chi connectivity index (χ0) is 17.3. The number of sulfone groups is 1. The number of hydrogen-bond acceptors (Lipinski definition) is 5. The summed E-state index contributed by atoms with van der Waals surface area (Å²) in [6.07, 6.45) is 2.54. The molecule has 124 valence electrons. The normalized spacial score (nSPS) is 12.0. The highest BCUT2D eigenvalue weighted by Crippen LogP contribution is 2.22. The maximum atomic E-state index is 11.7. The van der Waals surface area contributed by atoms with Crippen molar-refractivity contribution in [2.75, 3.05) is 20.4 Å². The molecule has 2 aromatic heterocycles. The van der Waals surface area contributed by atoms with Gasteiger partial charge in [-0.2, -0.15) is 0 Å². The molecule has 0 aliphatic rings. The summed E-state index contributed by atoms with van der Waals surface area (Å²) in [6.45, 7) is 0.882. The molecular weight excluding hydrogens is 322 g/mol. The molecule has 6 heteroatoms. The van der Waals surface area contributed by atoms with Crippen molar-refractivity contribution in [1.29, 1.82) is 0 Å². The minimum absolute atomic E-state index is 0.181. The van der Waals surface area contributed by atoms with Crippen LogP contribution < -0.4 is 0 Å². The van der Waals surface area contributed by atoms with Crippen LogP contribution in [0.2, 0.25) is 0 Å². The van der Waals surface area contributed by atoms with Crippen LogP contribution in [0.15, 0.2) is 53.6 Å². The van der Waals surface area contributed by atoms with E-state index in [1.165, 1.54) is 18.0 Å². The summed E-state index contributed by atoms with van der Waals surface area (Å²) >= 11 is 0. The quantitative estimate of drug-likeness (QED) is 0.730. The molecule has 0 saturated heterocycles. The number of benzene rings is 1. The van der Waals surface area contributed by atoms with Crippen LogP contribution >= 0.6 is 0 Å². The van der Waals surface area contributed by atoms with Gasteiger partial charge in [0.05, 0.1) is 21.6 Å². The summed E-state index contributed by atoms with van der Waals surface area (Å²) in [4.78, 5) is 11.0. The Hall–Kier alpha value is -2.31. The minimum atomic E-state index is -3.30. The molecule has 0 amide bonds. The van der Waals surface area contributed by atoms with Crippen molar-refractivity contribution >= 4 is 20.9 Å². The van der Waals surface area contributed by atoms with Gasteiger partial charge in [-0.05, 0) is 37.9 Å². The van der Waals surface area contributed by atoms with Crippen molar-refractivity contribution in [3.05, 3.63) is 54.2 Å². The van der Waals surface area contributed by atoms with Crippen molar-refractivity contribution in [3.63, 3.8) is 0 Å². The fraction of sp³-hybridized carbons (Fsp3) is 0.222. The van der Waals surface area contributed by atoms with Crippen LogP contribution in [0, 0.1) is 0 Å². The van der Waals surface area contributed by atoms with Gasteiger partial charge in [-0.25, -0.2) is 13.4 Å². The first-order chi connectivity index (χ1) is 11.3. The number of hydrogen-bond donors (Lipinski definition) is 0. The predicted octanol–water partition coefficient (Wildman–Crippen LogP) is 2.76. The summed E-state index contributed by atoms with van der Waals surface area (Å²) in [7, 11) is 0.770. The highest BCUT2D eigenvalue weighted by Gasteiger charge is 2.10. The Bertz CT molecular complexity index is 981. The Kier molecular flexibility index (Phi) is 4.34. The van der Waals surface area contributed by atoms with Gasteiger partial charge in [0.25, 0.3) is 0 Å². The molecule has 0 unspecified atom stereocenters. The largest absolute Gasteiger partial charge is 0.305 e. The Labute approximate surface area is 141 Å². The van der Waals surface area contributed by atoms with E-state index in [4.69, 9.17) is 0 Å². The van der Waals surface area contributed by atoms with E-state index in [1.807, 2.05) is 38.4 Å². The SMILES string of the molecule is CN(C)Cc1ccc(-c2ccc3ncc(S(C)(=O)=O)cc3n2)cc1. The second kappa shape index (κ2) is 6.30. The third-order valence-electron chi connectivity index (χ3n) is 3.69. The van der Waals surface area contributed by atoms with E-state index in [2.05, 4.69) is 27.0 Å². The molecule has 0 radical (unpaired) electrons. The van der Waals surface area contributed by atoms with Gasteiger partial charge in [0.2, 0.25) is 0 Å². The minimum Gasteiger partial charge on any atom is -0.305 e. The van der Waals surface area contributed by atoms with Crippen molar-refractivity contribution < 1.29 is 8.42 Å². The molecular formula is C18H19N3O2S. The van der Waals surface area contributed by atoms with Crippen LogP contribution in [0.25, 0.3) is 22.3 Å². The number of fused-ring (bicyclic) bond motifs is 1. The van der Waals surface area contributed by atoms with E-state index in [1.54, 1.807) is 6.07 Å². The van der Waals surface area contributed by atoms with Crippen LogP contribution in [-0.2, 0) is 16.4 Å². The van der Waals surface area contributed by atoms with E-state index in [0.717, 1.165) is 17.8 Å². The monoisotopic (exact) mass is 341 g/mol. The van der Waals surface area contributed by atoms with Crippen LogP contribution in [0.1, 0.15) is 5.56 Å². The molecule has 0 fully saturated rings. The van der Waals surface area contributed by atoms with Gasteiger partial charge in [0.1, 0.15) is 0 Å². The zero-order valence-corrected chi connectivity index (χ0v) is 14.7. The standard InChI is InChI=1S/C18H19N3O2S/c1-21(2)12-13-4-6-14(7-5-13)16-8-9-17-18(20-16)10-15(11-19-17)24(3,22)23/h4-11H,12H2,1-3H3. The number of nitrogens with zero attached hydrogens (tertiary/aromatic N) is 3. The van der Waals surface area contributed by atoms with Gasteiger partial charge < -0.3 is 4.90 Å². The van der Waals surface area contributed by atoms with Gasteiger partial charge in [-0.1, -0.05) is 24.3 Å². The first-order valence-corrected chi connectivity index (χ1v) is 9.43. The van der Waals surface area contributed by atoms with Gasteiger partial charge >= 0.3 is 0 Å². The average molecular weight is 341 g/mol. The summed E-state index contributed by atoms with van der Waals surface area (Å²) < 4.78 is 23.4. The molecule has 3 aromatic rings. The smallest absolute Gasteiger partial charge is 0.177 e. The fourth-order valence-electron chi connectivity index (χ4n) is 2.50. The molecule has 24 heavy (non-hydrogen) atoms. The maximum absolute atomic E-state index is 11.7. The van der Waals surface area contributed by atoms with Crippen molar-refractivity contribution in [2.45, 2.75) is 11.4 Å². The second-order valence-electron chi connectivity index (χ2n) is 6.11. The highest BCUT2D eigenvalue weighted by atomic mass is 32.2. The fourth-order valence-corrected chi connectivity index (χ4v) is 3.07. The van der Waals surface area contributed by atoms with E-state index < -0.39 is 9.84 Å². The van der Waals surface area contributed by atoms with Crippen LogP contribution in [0.4, 0.5) is 0 Å². The molecule has 0 atom stereocenters. The summed E-state index contributed by atoms with van der Waals surface area (Å²) in [5.74, 6) is 0. The number of rotatable bonds is 4. The highest BCUT2D eigenvalue weighted by molar-refractivity contribution is 7.90. The second-order valence-corrected chi connectivity index (χ2v) is 8.13. The number of aromatic nitrogens is 2. The van der Waals surface area contributed by atoms with E-state index in [9.17, 15) is 8.42 Å². The molecule has 0 aliphatic carbocycles. The zero-order valence-electron chi connectivity index (χ0n) is 13.9. The molecule has 3 rings (SSSR count). The summed E-state index contributed by atoms with van der Waals surface area (Å²) in [6, 6.07) is 13.5. The summed E-state index contributed by atoms with van der Waals surface area (Å²) in [5.41, 5.74) is 4.27. The lowest BCUT2D eigenvalue weighted by atomic mass is 10.1. The predicted molar refractivity (Wildman–Crippen MR) is 95.5 cm³/mol. The van der Waals surface area contributed by atoms with E-state index >= 15 is 0 Å². The van der Waals surface area contributed by atoms with Crippen LogP contribution in [0.5, 0.6) is 0 Å². The Morgan fingerprint density at radius 1 is 1.00 bits per heavy atom. The van der Waals surface area contributed by atoms with E-state index in [0.29, 0.717) is 11.0 Å². The maximum Gasteiger partial charge on any atom is 0.177 e. The number of pyridine rings is 2. The summed E-state index contributed by atoms with van der Waals surface area (Å²) in [5, 5.41) is 0. The first-order valence-electron chi connectivity index (χ1n) is 7.54. The van der Waals surface area contributed by atoms with Crippen LogP contribution in [-0.4, -0.2) is 43.6 Å². The molecule has 0 N–H and O–H groups in total. The van der Waals surface area contributed by atoms with E-state index in [-0.39, 0.29) is 4.90 Å². The van der Waals surface area contributed by atoms with Crippen molar-refractivity contribution in [3.8, 4) is 11.3 Å². The molecule has 2 heterocycles. The lowest BCUT2D eigenvalue weighted by Gasteiger charge is -2.10. The lowest BCUT2D eigenvalue weighted by molar-refractivity contribution is 0.402. The Morgan fingerprint density at radius 2 is 1.71 bits per heavy atom. The Morgan fingerprint density at radius 3 is 2.33 bits per heavy atom.